The molecular weight excluding hydrogens is 504 g/mol. The van der Waals surface area contributed by atoms with Gasteiger partial charge in [-0.2, -0.15) is 0 Å². The van der Waals surface area contributed by atoms with Gasteiger partial charge in [-0.1, -0.05) is 145 Å². The zero-order valence-corrected chi connectivity index (χ0v) is 28.3. The molecule has 0 nitrogen and oxygen atoms in total. The van der Waals surface area contributed by atoms with Crippen LogP contribution in [0.25, 0.3) is 0 Å². The second-order valence-corrected chi connectivity index (χ2v) is 14.8. The molecule has 0 heterocycles. The van der Waals surface area contributed by atoms with Crippen LogP contribution < -0.4 is 0 Å². The largest absolute Gasteiger partial charge is 0.0613 e. The Balaban J connectivity index is 2.04. The van der Waals surface area contributed by atoms with Crippen molar-refractivity contribution in [2.45, 2.75) is 100 Å². The van der Waals surface area contributed by atoms with Crippen LogP contribution >= 0.6 is 0 Å². The molecule has 42 heavy (non-hydrogen) atoms. The van der Waals surface area contributed by atoms with E-state index < -0.39 is 0 Å². The molecule has 4 aromatic rings. The van der Waals surface area contributed by atoms with Crippen LogP contribution in [0.4, 0.5) is 0 Å². The van der Waals surface area contributed by atoms with Gasteiger partial charge in [0.1, 0.15) is 0 Å². The van der Waals surface area contributed by atoms with Crippen molar-refractivity contribution in [2.24, 2.45) is 17.3 Å². The van der Waals surface area contributed by atoms with Gasteiger partial charge in [-0.25, -0.2) is 0 Å². The summed E-state index contributed by atoms with van der Waals surface area (Å²) in [6.45, 7) is 28.5. The van der Waals surface area contributed by atoms with Crippen molar-refractivity contribution in [1.82, 2.24) is 0 Å². The Bertz CT molecular complexity index is 1340. The lowest BCUT2D eigenvalue weighted by molar-refractivity contribution is -0.0327. The molecule has 1 saturated carbocycles. The third-order valence-electron chi connectivity index (χ3n) is 10.9. The Kier molecular flexibility index (Phi) is 7.62. The fourth-order valence-electron chi connectivity index (χ4n) is 10.2. The van der Waals surface area contributed by atoms with Gasteiger partial charge in [0.25, 0.3) is 0 Å². The van der Waals surface area contributed by atoms with E-state index >= 15 is 0 Å². The summed E-state index contributed by atoms with van der Waals surface area (Å²) in [6, 6.07) is 29.4. The third-order valence-corrected chi connectivity index (χ3v) is 10.9. The minimum atomic E-state index is -0.220. The monoisotopic (exact) mass is 556 g/mol. The standard InChI is InChI=1S/C42H52/c1-26-13-27(2)18-36(17-26)41(37-19-28(3)14-29(4)20-37)34(9)25-35(10)42(40(41,11)12,38-21-30(5)15-31(6)22-38)39-23-32(7)16-33(8)24-39/h13-24,34-35H,25H2,1-12H3. The van der Waals surface area contributed by atoms with Crippen molar-refractivity contribution in [2.75, 3.05) is 0 Å². The summed E-state index contributed by atoms with van der Waals surface area (Å²) in [5.41, 5.74) is 16.0. The SMILES string of the molecule is Cc1cc(C)cc(C2(c3cc(C)cc(C)c3)C(C)CC(C)C(c3cc(C)cc(C)c3)(c3cc(C)cc(C)c3)C2(C)C)c1. The predicted octanol–water partition coefficient (Wildman–Crippen LogP) is 11.1. The fraction of sp³-hybridized carbons (Fsp3) is 0.429. The average Bonchev–Trinajstić information content (AvgIpc) is 2.81. The molecule has 0 aromatic heterocycles. The summed E-state index contributed by atoms with van der Waals surface area (Å²) < 4.78 is 0. The van der Waals surface area contributed by atoms with Gasteiger partial charge in [-0.3, -0.25) is 0 Å². The number of aryl methyl sites for hydroxylation is 8. The molecule has 0 saturated heterocycles. The summed E-state index contributed by atoms with van der Waals surface area (Å²) in [7, 11) is 0. The Hall–Kier alpha value is -3.12. The van der Waals surface area contributed by atoms with Gasteiger partial charge in [-0.15, -0.1) is 0 Å². The molecule has 0 spiro atoms. The van der Waals surface area contributed by atoms with Gasteiger partial charge in [0.15, 0.2) is 0 Å². The maximum atomic E-state index is 2.61. The van der Waals surface area contributed by atoms with Crippen LogP contribution in [-0.2, 0) is 10.8 Å². The maximum absolute atomic E-state index is 2.61. The first-order chi connectivity index (χ1) is 19.6. The molecular formula is C42H52. The van der Waals surface area contributed by atoms with Gasteiger partial charge >= 0.3 is 0 Å². The van der Waals surface area contributed by atoms with Crippen LogP contribution in [0.1, 0.15) is 101 Å². The lowest BCUT2D eigenvalue weighted by Gasteiger charge is -2.67. The van der Waals surface area contributed by atoms with E-state index in [1.807, 2.05) is 0 Å². The lowest BCUT2D eigenvalue weighted by Crippen LogP contribution is -2.65. The molecule has 0 aliphatic heterocycles. The maximum Gasteiger partial charge on any atom is 0.0291 e. The summed E-state index contributed by atoms with van der Waals surface area (Å²) in [4.78, 5) is 0. The summed E-state index contributed by atoms with van der Waals surface area (Å²) >= 11 is 0. The topological polar surface area (TPSA) is 0 Å². The Morgan fingerprint density at radius 1 is 0.381 bits per heavy atom. The summed E-state index contributed by atoms with van der Waals surface area (Å²) in [5, 5.41) is 0. The Morgan fingerprint density at radius 3 is 0.762 bits per heavy atom. The molecule has 5 rings (SSSR count). The van der Waals surface area contributed by atoms with Crippen molar-refractivity contribution in [3.8, 4) is 0 Å². The van der Waals surface area contributed by atoms with Gasteiger partial charge in [0.05, 0.1) is 0 Å². The first-order valence-electron chi connectivity index (χ1n) is 16.0. The van der Waals surface area contributed by atoms with Crippen molar-refractivity contribution >= 4 is 0 Å². The smallest absolute Gasteiger partial charge is 0.0291 e. The minimum Gasteiger partial charge on any atom is -0.0613 e. The minimum absolute atomic E-state index is 0.196. The molecule has 2 unspecified atom stereocenters. The molecule has 0 bridgehead atoms. The van der Waals surface area contributed by atoms with E-state index in [1.54, 1.807) is 0 Å². The van der Waals surface area contributed by atoms with Crippen molar-refractivity contribution in [1.29, 1.82) is 0 Å². The molecule has 1 aliphatic rings. The van der Waals surface area contributed by atoms with Crippen LogP contribution in [0.5, 0.6) is 0 Å². The average molecular weight is 557 g/mol. The van der Waals surface area contributed by atoms with E-state index in [-0.39, 0.29) is 16.2 Å². The van der Waals surface area contributed by atoms with E-state index in [0.29, 0.717) is 11.8 Å². The van der Waals surface area contributed by atoms with E-state index in [2.05, 4.69) is 156 Å². The van der Waals surface area contributed by atoms with Crippen molar-refractivity contribution in [3.05, 3.63) is 140 Å². The highest BCUT2D eigenvalue weighted by molar-refractivity contribution is 5.57. The van der Waals surface area contributed by atoms with E-state index in [0.717, 1.165) is 6.42 Å². The molecule has 0 N–H and O–H groups in total. The zero-order chi connectivity index (χ0) is 30.8. The number of rotatable bonds is 4. The summed E-state index contributed by atoms with van der Waals surface area (Å²) in [6.07, 6.45) is 1.14. The van der Waals surface area contributed by atoms with Crippen LogP contribution in [0.3, 0.4) is 0 Å². The van der Waals surface area contributed by atoms with E-state index in [1.165, 1.54) is 66.8 Å². The highest BCUT2D eigenvalue weighted by Gasteiger charge is 2.67. The summed E-state index contributed by atoms with van der Waals surface area (Å²) in [5.74, 6) is 0.879. The molecule has 0 heteroatoms. The zero-order valence-electron chi connectivity index (χ0n) is 28.3. The van der Waals surface area contributed by atoms with E-state index in [4.69, 9.17) is 0 Å². The predicted molar refractivity (Wildman–Crippen MR) is 182 cm³/mol. The molecule has 1 fully saturated rings. The number of hydrogen-bond donors (Lipinski definition) is 0. The molecule has 2 atom stereocenters. The first kappa shape index (κ1) is 30.3. The van der Waals surface area contributed by atoms with Crippen molar-refractivity contribution in [3.63, 3.8) is 0 Å². The molecule has 0 radical (unpaired) electrons. The lowest BCUT2D eigenvalue weighted by atomic mass is 9.35. The number of hydrogen-bond acceptors (Lipinski definition) is 0. The highest BCUT2D eigenvalue weighted by Crippen LogP contribution is 2.70. The van der Waals surface area contributed by atoms with Gasteiger partial charge in [-0.05, 0) is 101 Å². The number of benzene rings is 4. The van der Waals surface area contributed by atoms with Crippen LogP contribution in [0.2, 0.25) is 0 Å². The quantitative estimate of drug-likeness (QED) is 0.234. The third kappa shape index (κ3) is 4.49. The Morgan fingerprint density at radius 2 is 0.571 bits per heavy atom. The van der Waals surface area contributed by atoms with Crippen LogP contribution in [0.15, 0.2) is 72.8 Å². The fourth-order valence-corrected chi connectivity index (χ4v) is 10.2. The van der Waals surface area contributed by atoms with Crippen LogP contribution in [0, 0.1) is 72.6 Å². The second-order valence-electron chi connectivity index (χ2n) is 14.8. The highest BCUT2D eigenvalue weighted by atomic mass is 14.7. The van der Waals surface area contributed by atoms with Gasteiger partial charge in [0.2, 0.25) is 0 Å². The molecule has 1 aliphatic carbocycles. The molecule has 4 aromatic carbocycles. The van der Waals surface area contributed by atoms with Crippen LogP contribution in [-0.4, -0.2) is 0 Å². The van der Waals surface area contributed by atoms with Gasteiger partial charge in [0, 0.05) is 10.8 Å². The Labute approximate surface area is 256 Å². The normalized spacial score (nSPS) is 20.9. The first-order valence-corrected chi connectivity index (χ1v) is 16.0. The van der Waals surface area contributed by atoms with E-state index in [9.17, 15) is 0 Å². The van der Waals surface area contributed by atoms with Crippen molar-refractivity contribution < 1.29 is 0 Å². The molecule has 220 valence electrons. The van der Waals surface area contributed by atoms with Gasteiger partial charge < -0.3 is 0 Å². The second kappa shape index (κ2) is 10.6. The molecule has 0 amide bonds.